The molecule has 0 fully saturated rings. The van der Waals surface area contributed by atoms with E-state index >= 15 is 0 Å². The Balaban J connectivity index is 0.989. The molecule has 0 saturated heterocycles. The molecule has 2 aliphatic carbocycles. The Bertz CT molecular complexity index is 4260. The molecule has 14 rings (SSSR count). The lowest BCUT2D eigenvalue weighted by atomic mass is 9.69. The van der Waals surface area contributed by atoms with Gasteiger partial charge < -0.3 is 4.90 Å². The van der Waals surface area contributed by atoms with Crippen molar-refractivity contribution in [3.05, 3.63) is 318 Å². The van der Waals surface area contributed by atoms with Crippen LogP contribution in [0.5, 0.6) is 0 Å². The molecular weight excluding hydrogens is 987 g/mol. The van der Waals surface area contributed by atoms with Crippen LogP contribution in [0.4, 0.5) is 17.1 Å². The first-order valence-corrected chi connectivity index (χ1v) is 29.0. The van der Waals surface area contributed by atoms with Crippen molar-refractivity contribution in [2.75, 3.05) is 4.90 Å². The van der Waals surface area contributed by atoms with Gasteiger partial charge in [0.2, 0.25) is 0 Å². The summed E-state index contributed by atoms with van der Waals surface area (Å²) in [5, 5.41) is 0. The molecule has 12 aromatic rings. The summed E-state index contributed by atoms with van der Waals surface area (Å²) in [5.74, 6) is 0. The van der Waals surface area contributed by atoms with Gasteiger partial charge in [0.1, 0.15) is 0 Å². The highest BCUT2D eigenvalue weighted by Crippen LogP contribution is 2.64. The lowest BCUT2D eigenvalue weighted by molar-refractivity contribution is 0.586. The van der Waals surface area contributed by atoms with Gasteiger partial charge in [-0.25, -0.2) is 0 Å². The zero-order valence-corrected chi connectivity index (χ0v) is 47.6. The average Bonchev–Trinajstić information content (AvgIpc) is 3.52. The zero-order valence-electron chi connectivity index (χ0n) is 47.6. The Morgan fingerprint density at radius 2 is 0.610 bits per heavy atom. The van der Waals surface area contributed by atoms with Crippen molar-refractivity contribution < 1.29 is 0 Å². The number of benzene rings is 12. The molecule has 1 spiro atoms. The van der Waals surface area contributed by atoms with Crippen molar-refractivity contribution in [1.82, 2.24) is 0 Å². The van der Waals surface area contributed by atoms with E-state index in [0.717, 1.165) is 28.2 Å². The monoisotopic (exact) mass is 1050 g/mol. The quantitative estimate of drug-likeness (QED) is 0.139. The largest absolute Gasteiger partial charge is 0.310 e. The van der Waals surface area contributed by atoms with Crippen LogP contribution in [0.2, 0.25) is 0 Å². The van der Waals surface area contributed by atoms with Crippen LogP contribution in [0.3, 0.4) is 0 Å². The molecule has 12 aromatic carbocycles. The predicted molar refractivity (Wildman–Crippen MR) is 347 cm³/mol. The number of fused-ring (bicyclic) bond motifs is 10. The number of para-hydroxylation sites is 1. The minimum atomic E-state index is -0.514. The third-order valence-electron chi connectivity index (χ3n) is 17.4. The predicted octanol–water partition coefficient (Wildman–Crippen LogP) is 22.1. The van der Waals surface area contributed by atoms with E-state index in [1.54, 1.807) is 0 Å². The van der Waals surface area contributed by atoms with Crippen LogP contribution in [0.15, 0.2) is 285 Å². The maximum Gasteiger partial charge on any atom is 0.0725 e. The number of anilines is 3. The second kappa shape index (κ2) is 19.9. The topological polar surface area (TPSA) is 3.24 Å². The molecule has 0 heterocycles. The lowest BCUT2D eigenvalue weighted by Crippen LogP contribution is -2.27. The molecule has 0 unspecified atom stereocenters. The van der Waals surface area contributed by atoms with Gasteiger partial charge in [0.15, 0.2) is 0 Å². The molecule has 0 atom stereocenters. The van der Waals surface area contributed by atoms with Gasteiger partial charge in [0.05, 0.1) is 11.1 Å². The molecular formula is C81H65N. The van der Waals surface area contributed by atoms with Crippen LogP contribution in [0.25, 0.3) is 89.0 Å². The third-order valence-corrected chi connectivity index (χ3v) is 17.4. The minimum Gasteiger partial charge on any atom is -0.310 e. The van der Waals surface area contributed by atoms with Crippen LogP contribution in [0.1, 0.15) is 74.9 Å². The Morgan fingerprint density at radius 3 is 1.13 bits per heavy atom. The fraction of sp³-hybridized carbons (Fsp3) is 0.111. The average molecular weight is 1050 g/mol. The molecule has 0 aromatic heterocycles. The molecule has 82 heavy (non-hydrogen) atoms. The summed E-state index contributed by atoms with van der Waals surface area (Å²) in [6.45, 7) is 14.0. The van der Waals surface area contributed by atoms with Crippen molar-refractivity contribution in [2.24, 2.45) is 0 Å². The van der Waals surface area contributed by atoms with E-state index in [1.165, 1.54) is 111 Å². The van der Waals surface area contributed by atoms with E-state index in [2.05, 4.69) is 332 Å². The van der Waals surface area contributed by atoms with Gasteiger partial charge in [-0.2, -0.15) is 0 Å². The Hall–Kier alpha value is -9.56. The summed E-state index contributed by atoms with van der Waals surface area (Å²) in [4.78, 5) is 2.51. The fourth-order valence-corrected chi connectivity index (χ4v) is 13.3. The maximum absolute atomic E-state index is 2.54. The Kier molecular flexibility index (Phi) is 12.3. The lowest BCUT2D eigenvalue weighted by Gasteiger charge is -2.33. The molecule has 0 radical (unpaired) electrons. The summed E-state index contributed by atoms with van der Waals surface area (Å²) in [6.07, 6.45) is 0. The van der Waals surface area contributed by atoms with Gasteiger partial charge in [-0.1, -0.05) is 278 Å². The highest BCUT2D eigenvalue weighted by atomic mass is 15.1. The molecule has 0 bridgehead atoms. The van der Waals surface area contributed by atoms with E-state index in [4.69, 9.17) is 0 Å². The number of rotatable bonds is 9. The molecule has 0 saturated carbocycles. The van der Waals surface area contributed by atoms with E-state index in [-0.39, 0.29) is 10.8 Å². The maximum atomic E-state index is 2.54. The normalized spacial score (nSPS) is 12.9. The fourth-order valence-electron chi connectivity index (χ4n) is 13.3. The van der Waals surface area contributed by atoms with Gasteiger partial charge in [-0.05, 0) is 176 Å². The van der Waals surface area contributed by atoms with Gasteiger partial charge in [-0.3, -0.25) is 0 Å². The van der Waals surface area contributed by atoms with Crippen LogP contribution in [0, 0.1) is 0 Å². The van der Waals surface area contributed by atoms with Crippen LogP contribution < -0.4 is 4.90 Å². The van der Waals surface area contributed by atoms with Crippen LogP contribution in [-0.2, 0) is 16.2 Å². The highest BCUT2D eigenvalue weighted by Gasteiger charge is 2.52. The van der Waals surface area contributed by atoms with Gasteiger partial charge in [0, 0.05) is 16.9 Å². The summed E-state index contributed by atoms with van der Waals surface area (Å²) in [7, 11) is 0. The highest BCUT2D eigenvalue weighted by molar-refractivity contribution is 6.00. The van der Waals surface area contributed by atoms with Crippen molar-refractivity contribution in [3.63, 3.8) is 0 Å². The zero-order chi connectivity index (χ0) is 55.7. The summed E-state index contributed by atoms with van der Waals surface area (Å²) >= 11 is 0. The molecule has 1 heteroatoms. The SMILES string of the molecule is CC(C)(C)c1ccc2c(c1)C1(c3ccccc3-c3cc(N(c4ccc(-c5cc(-c6ccccc6)cc(-c6ccccc6)c5)cc4)c4ccccc4-c4ccccc4-c4ccccc4-c4ccccc4)ccc31)c1cc(C(C)(C)C)ccc1-2. The summed E-state index contributed by atoms with van der Waals surface area (Å²) in [5.41, 5.74) is 30.2. The summed E-state index contributed by atoms with van der Waals surface area (Å²) in [6, 6.07) is 107. The van der Waals surface area contributed by atoms with Gasteiger partial charge >= 0.3 is 0 Å². The van der Waals surface area contributed by atoms with Crippen molar-refractivity contribution in [1.29, 1.82) is 0 Å². The standard InChI is InChI=1S/C81H65N/c1-79(2,3)61-40-45-70-71-46-41-62(80(4,5)6)52-77(71)81(76(70)51-61)74-36-22-20-34-69(74)73-53-64(44-47-75(73)81)82(63-42-38-56(39-43-63)60-49-58(54-24-10-7-11-25-54)48-59(50-60)55-26-12-8-13-27-55)78-37-23-21-35-72(78)68-33-19-18-32-67(68)66-31-17-16-30-65(66)57-28-14-9-15-29-57/h7-53H,1-6H3. The second-order valence-corrected chi connectivity index (χ2v) is 24.4. The van der Waals surface area contributed by atoms with Gasteiger partial charge in [-0.15, -0.1) is 0 Å². The van der Waals surface area contributed by atoms with E-state index in [9.17, 15) is 0 Å². The third kappa shape index (κ3) is 8.54. The van der Waals surface area contributed by atoms with E-state index in [0.29, 0.717) is 0 Å². The van der Waals surface area contributed by atoms with E-state index < -0.39 is 5.41 Å². The van der Waals surface area contributed by atoms with Crippen molar-refractivity contribution in [3.8, 4) is 89.0 Å². The first-order chi connectivity index (χ1) is 39.9. The molecule has 2 aliphatic rings. The van der Waals surface area contributed by atoms with Crippen molar-refractivity contribution >= 4 is 17.1 Å². The van der Waals surface area contributed by atoms with Crippen LogP contribution in [-0.4, -0.2) is 0 Å². The van der Waals surface area contributed by atoms with E-state index in [1.807, 2.05) is 0 Å². The number of nitrogens with zero attached hydrogens (tertiary/aromatic N) is 1. The molecule has 394 valence electrons. The molecule has 0 N–H and O–H groups in total. The van der Waals surface area contributed by atoms with Gasteiger partial charge in [0.25, 0.3) is 0 Å². The first kappa shape index (κ1) is 50.6. The molecule has 1 nitrogen and oxygen atoms in total. The molecule has 0 aliphatic heterocycles. The minimum absolute atomic E-state index is 0.0348. The summed E-state index contributed by atoms with van der Waals surface area (Å²) < 4.78 is 0. The molecule has 0 amide bonds. The smallest absolute Gasteiger partial charge is 0.0725 e. The van der Waals surface area contributed by atoms with Crippen molar-refractivity contribution in [2.45, 2.75) is 57.8 Å². The Labute approximate surface area is 484 Å². The van der Waals surface area contributed by atoms with Crippen LogP contribution >= 0.6 is 0 Å². The first-order valence-electron chi connectivity index (χ1n) is 29.0. The second-order valence-electron chi connectivity index (χ2n) is 24.4. The Morgan fingerprint density at radius 1 is 0.232 bits per heavy atom. The number of hydrogen-bond acceptors (Lipinski definition) is 1. The number of hydrogen-bond donors (Lipinski definition) is 0.